The lowest BCUT2D eigenvalue weighted by Gasteiger charge is -2.29. The molecule has 0 heterocycles. The summed E-state index contributed by atoms with van der Waals surface area (Å²) in [6.07, 6.45) is 0.920. The quantitative estimate of drug-likeness (QED) is 0.625. The van der Waals surface area contributed by atoms with Gasteiger partial charge in [-0.05, 0) is 13.3 Å². The summed E-state index contributed by atoms with van der Waals surface area (Å²) in [5.41, 5.74) is -0.344. The van der Waals surface area contributed by atoms with Crippen LogP contribution in [0.3, 0.4) is 0 Å². The SMILES string of the molecule is CCC(OC)C(C)(C)C(C)=O. The zero-order valence-electron chi connectivity index (χ0n) is 8.10. The number of methoxy groups -OCH3 is 1. The third-order valence-electron chi connectivity index (χ3n) is 2.37. The van der Waals surface area contributed by atoms with Gasteiger partial charge in [0.15, 0.2) is 0 Å². The van der Waals surface area contributed by atoms with Gasteiger partial charge in [0.05, 0.1) is 6.10 Å². The van der Waals surface area contributed by atoms with Crippen LogP contribution in [0.2, 0.25) is 0 Å². The van der Waals surface area contributed by atoms with Crippen LogP contribution >= 0.6 is 0 Å². The zero-order valence-corrected chi connectivity index (χ0v) is 8.10. The second kappa shape index (κ2) is 3.86. The molecule has 66 valence electrons. The van der Waals surface area contributed by atoms with Crippen LogP contribution in [-0.2, 0) is 9.53 Å². The Bertz CT molecular complexity index is 134. The first-order chi connectivity index (χ1) is 4.96. The van der Waals surface area contributed by atoms with Gasteiger partial charge in [-0.25, -0.2) is 0 Å². The molecule has 0 aromatic carbocycles. The summed E-state index contributed by atoms with van der Waals surface area (Å²) in [5, 5.41) is 0. The van der Waals surface area contributed by atoms with Gasteiger partial charge in [0.2, 0.25) is 0 Å². The van der Waals surface area contributed by atoms with Gasteiger partial charge in [-0.1, -0.05) is 20.8 Å². The molecule has 0 aromatic heterocycles. The fourth-order valence-corrected chi connectivity index (χ4v) is 1.20. The van der Waals surface area contributed by atoms with Crippen molar-refractivity contribution in [2.45, 2.75) is 40.2 Å². The number of ether oxygens (including phenoxy) is 1. The zero-order chi connectivity index (χ0) is 9.07. The second-order valence-electron chi connectivity index (χ2n) is 3.41. The van der Waals surface area contributed by atoms with Crippen LogP contribution in [0.4, 0.5) is 0 Å². The maximum atomic E-state index is 11.1. The second-order valence-corrected chi connectivity index (χ2v) is 3.41. The maximum absolute atomic E-state index is 11.1. The molecule has 0 fully saturated rings. The molecule has 0 radical (unpaired) electrons. The monoisotopic (exact) mass is 158 g/mol. The Labute approximate surface area is 68.9 Å². The summed E-state index contributed by atoms with van der Waals surface area (Å²) < 4.78 is 5.20. The van der Waals surface area contributed by atoms with Crippen LogP contribution in [0.1, 0.15) is 34.1 Å². The highest BCUT2D eigenvalue weighted by molar-refractivity contribution is 5.82. The summed E-state index contributed by atoms with van der Waals surface area (Å²) in [6.45, 7) is 7.49. The van der Waals surface area contributed by atoms with Crippen LogP contribution in [0.15, 0.2) is 0 Å². The van der Waals surface area contributed by atoms with Gasteiger partial charge in [0.1, 0.15) is 5.78 Å². The van der Waals surface area contributed by atoms with E-state index in [0.29, 0.717) is 0 Å². The normalized spacial score (nSPS) is 14.6. The molecule has 0 amide bonds. The maximum Gasteiger partial charge on any atom is 0.138 e. The fourth-order valence-electron chi connectivity index (χ4n) is 1.20. The summed E-state index contributed by atoms with van der Waals surface area (Å²) in [5.74, 6) is 0.186. The lowest BCUT2D eigenvalue weighted by Crippen LogP contribution is -2.36. The Morgan fingerprint density at radius 2 is 2.00 bits per heavy atom. The van der Waals surface area contributed by atoms with E-state index in [-0.39, 0.29) is 17.3 Å². The minimum Gasteiger partial charge on any atom is -0.380 e. The third-order valence-corrected chi connectivity index (χ3v) is 2.37. The lowest BCUT2D eigenvalue weighted by atomic mass is 9.81. The smallest absolute Gasteiger partial charge is 0.138 e. The Morgan fingerprint density at radius 3 is 2.09 bits per heavy atom. The van der Waals surface area contributed by atoms with Gasteiger partial charge in [-0.2, -0.15) is 0 Å². The van der Waals surface area contributed by atoms with Crippen molar-refractivity contribution in [2.24, 2.45) is 5.41 Å². The molecule has 0 aromatic rings. The molecule has 0 aliphatic rings. The molecule has 0 saturated carbocycles. The van der Waals surface area contributed by atoms with Gasteiger partial charge in [-0.15, -0.1) is 0 Å². The standard InChI is InChI=1S/C9H18O2/c1-6-8(11-5)9(3,4)7(2)10/h8H,6H2,1-5H3. The third kappa shape index (κ3) is 2.29. The van der Waals surface area contributed by atoms with Crippen LogP contribution < -0.4 is 0 Å². The predicted octanol–water partition coefficient (Wildman–Crippen LogP) is 2.03. The fraction of sp³-hybridized carbons (Fsp3) is 0.889. The van der Waals surface area contributed by atoms with E-state index in [1.165, 1.54) is 0 Å². The molecule has 1 atom stereocenters. The molecule has 11 heavy (non-hydrogen) atoms. The molecule has 0 bridgehead atoms. The van der Waals surface area contributed by atoms with E-state index in [1.54, 1.807) is 14.0 Å². The van der Waals surface area contributed by atoms with Crippen molar-refractivity contribution in [3.05, 3.63) is 0 Å². The highest BCUT2D eigenvalue weighted by Gasteiger charge is 2.32. The molecule has 0 saturated heterocycles. The van der Waals surface area contributed by atoms with Gasteiger partial charge in [-0.3, -0.25) is 4.79 Å². The molecule has 0 aliphatic heterocycles. The number of carbonyl (C=O) groups is 1. The average molecular weight is 158 g/mol. The van der Waals surface area contributed by atoms with Gasteiger partial charge in [0.25, 0.3) is 0 Å². The molecular formula is C9H18O2. The molecule has 2 nitrogen and oxygen atoms in total. The molecule has 0 spiro atoms. The first-order valence-electron chi connectivity index (χ1n) is 4.00. The van der Waals surface area contributed by atoms with Crippen molar-refractivity contribution >= 4 is 5.78 Å². The van der Waals surface area contributed by atoms with E-state index in [9.17, 15) is 4.79 Å². The van der Waals surface area contributed by atoms with Crippen LogP contribution in [0, 0.1) is 5.41 Å². The highest BCUT2D eigenvalue weighted by atomic mass is 16.5. The van der Waals surface area contributed by atoms with E-state index in [4.69, 9.17) is 4.74 Å². The Kier molecular flexibility index (Phi) is 3.73. The van der Waals surface area contributed by atoms with Gasteiger partial charge in [0, 0.05) is 12.5 Å². The summed E-state index contributed by atoms with van der Waals surface area (Å²) >= 11 is 0. The van der Waals surface area contributed by atoms with Crippen molar-refractivity contribution < 1.29 is 9.53 Å². The number of ketones is 1. The summed E-state index contributed by atoms with van der Waals surface area (Å²) in [7, 11) is 1.65. The van der Waals surface area contributed by atoms with Crippen molar-refractivity contribution in [3.8, 4) is 0 Å². The number of Topliss-reactive ketones (excluding diaryl/α,β-unsaturated/α-hetero) is 1. The number of carbonyl (C=O) groups excluding carboxylic acids is 1. The van der Waals surface area contributed by atoms with E-state index in [2.05, 4.69) is 0 Å². The summed E-state index contributed by atoms with van der Waals surface area (Å²) in [4.78, 5) is 11.1. The van der Waals surface area contributed by atoms with Crippen LogP contribution in [0.5, 0.6) is 0 Å². The predicted molar refractivity (Wildman–Crippen MR) is 45.6 cm³/mol. The summed E-state index contributed by atoms with van der Waals surface area (Å²) in [6, 6.07) is 0. The van der Waals surface area contributed by atoms with Crippen molar-refractivity contribution in [2.75, 3.05) is 7.11 Å². The minimum atomic E-state index is -0.344. The number of hydrogen-bond acceptors (Lipinski definition) is 2. The minimum absolute atomic E-state index is 0.0417. The Hall–Kier alpha value is -0.370. The van der Waals surface area contributed by atoms with Crippen LogP contribution in [0.25, 0.3) is 0 Å². The topological polar surface area (TPSA) is 26.3 Å². The highest BCUT2D eigenvalue weighted by Crippen LogP contribution is 2.26. The molecule has 0 aliphatic carbocycles. The largest absolute Gasteiger partial charge is 0.380 e. The molecule has 1 unspecified atom stereocenters. The molecule has 0 N–H and O–H groups in total. The Balaban J connectivity index is 4.36. The van der Waals surface area contributed by atoms with E-state index >= 15 is 0 Å². The van der Waals surface area contributed by atoms with E-state index < -0.39 is 0 Å². The van der Waals surface area contributed by atoms with Crippen molar-refractivity contribution in [3.63, 3.8) is 0 Å². The lowest BCUT2D eigenvalue weighted by molar-refractivity contribution is -0.132. The number of rotatable bonds is 4. The number of hydrogen-bond donors (Lipinski definition) is 0. The van der Waals surface area contributed by atoms with Gasteiger partial charge >= 0.3 is 0 Å². The molecule has 0 rings (SSSR count). The first-order valence-corrected chi connectivity index (χ1v) is 4.00. The average Bonchev–Trinajstić information content (AvgIpc) is 1.89. The molecule has 2 heteroatoms. The van der Waals surface area contributed by atoms with Crippen molar-refractivity contribution in [1.82, 2.24) is 0 Å². The van der Waals surface area contributed by atoms with Crippen LogP contribution in [-0.4, -0.2) is 19.0 Å². The van der Waals surface area contributed by atoms with E-state index in [1.807, 2.05) is 20.8 Å². The van der Waals surface area contributed by atoms with Crippen molar-refractivity contribution in [1.29, 1.82) is 0 Å². The first kappa shape index (κ1) is 10.6. The van der Waals surface area contributed by atoms with E-state index in [0.717, 1.165) is 6.42 Å². The molecular weight excluding hydrogens is 140 g/mol. The Morgan fingerprint density at radius 1 is 1.55 bits per heavy atom. The van der Waals surface area contributed by atoms with Gasteiger partial charge < -0.3 is 4.74 Å².